The van der Waals surface area contributed by atoms with Gasteiger partial charge in [0.2, 0.25) is 5.91 Å². The number of morpholine rings is 1. The second-order valence-electron chi connectivity index (χ2n) is 7.19. The maximum atomic E-state index is 12.5. The number of benzene rings is 1. The van der Waals surface area contributed by atoms with Crippen molar-refractivity contribution >= 4 is 35.8 Å². The van der Waals surface area contributed by atoms with Crippen molar-refractivity contribution in [2.24, 2.45) is 4.99 Å². The lowest BCUT2D eigenvalue weighted by atomic mass is 10.1. The van der Waals surface area contributed by atoms with Crippen molar-refractivity contribution in [1.82, 2.24) is 20.0 Å². The monoisotopic (exact) mass is 531 g/mol. The Morgan fingerprint density at radius 2 is 1.80 bits per heavy atom. The molecule has 1 amide bonds. The number of guanidine groups is 1. The molecular weight excluding hydrogens is 493 g/mol. The highest BCUT2D eigenvalue weighted by Gasteiger charge is 2.23. The summed E-state index contributed by atoms with van der Waals surface area (Å²) in [6.45, 7) is 12.6. The Balaban J connectivity index is 0.00000450. The highest BCUT2D eigenvalue weighted by Crippen LogP contribution is 2.22. The van der Waals surface area contributed by atoms with Gasteiger partial charge in [-0.05, 0) is 26.3 Å². The first-order chi connectivity index (χ1) is 14.1. The van der Waals surface area contributed by atoms with Crippen LogP contribution in [-0.2, 0) is 9.53 Å². The summed E-state index contributed by atoms with van der Waals surface area (Å²) in [4.78, 5) is 23.6. The fourth-order valence-corrected chi connectivity index (χ4v) is 3.59. The van der Waals surface area contributed by atoms with Gasteiger partial charge >= 0.3 is 0 Å². The molecule has 1 aliphatic rings. The van der Waals surface area contributed by atoms with Crippen molar-refractivity contribution < 1.29 is 9.53 Å². The third-order valence-electron chi connectivity index (χ3n) is 5.27. The second-order valence-corrected chi connectivity index (χ2v) is 7.19. The van der Waals surface area contributed by atoms with Crippen LogP contribution in [0.15, 0.2) is 35.3 Å². The first-order valence-electron chi connectivity index (χ1n) is 10.7. The lowest BCUT2D eigenvalue weighted by molar-refractivity contribution is -0.131. The zero-order valence-electron chi connectivity index (χ0n) is 18.8. The number of hydrogen-bond acceptors (Lipinski definition) is 4. The third-order valence-corrected chi connectivity index (χ3v) is 5.27. The van der Waals surface area contributed by atoms with E-state index in [2.05, 4.69) is 34.5 Å². The number of hydrogen-bond donors (Lipinski definition) is 1. The highest BCUT2D eigenvalue weighted by atomic mass is 127. The van der Waals surface area contributed by atoms with Gasteiger partial charge in [-0.1, -0.05) is 30.3 Å². The second kappa shape index (κ2) is 14.6. The van der Waals surface area contributed by atoms with Crippen LogP contribution in [0.5, 0.6) is 0 Å². The average molecular weight is 531 g/mol. The van der Waals surface area contributed by atoms with Crippen molar-refractivity contribution in [3.8, 4) is 0 Å². The molecule has 170 valence electrons. The van der Waals surface area contributed by atoms with Gasteiger partial charge in [-0.15, -0.1) is 24.0 Å². The van der Waals surface area contributed by atoms with Gasteiger partial charge in [-0.2, -0.15) is 0 Å². The summed E-state index contributed by atoms with van der Waals surface area (Å²) in [5.74, 6) is 0.887. The molecule has 7 nitrogen and oxygen atoms in total. The van der Waals surface area contributed by atoms with E-state index in [1.807, 2.05) is 43.7 Å². The lowest BCUT2D eigenvalue weighted by Gasteiger charge is -2.34. The molecule has 1 aromatic rings. The Kier molecular flexibility index (Phi) is 13.0. The Morgan fingerprint density at radius 3 is 2.37 bits per heavy atom. The number of halogens is 1. The molecule has 1 saturated heterocycles. The van der Waals surface area contributed by atoms with Gasteiger partial charge in [0.05, 0.1) is 32.3 Å². The van der Waals surface area contributed by atoms with Crippen LogP contribution in [0.4, 0.5) is 0 Å². The van der Waals surface area contributed by atoms with Crippen molar-refractivity contribution in [2.45, 2.75) is 26.8 Å². The van der Waals surface area contributed by atoms with Crippen molar-refractivity contribution in [3.05, 3.63) is 35.9 Å². The van der Waals surface area contributed by atoms with Gasteiger partial charge in [0.1, 0.15) is 0 Å². The molecule has 30 heavy (non-hydrogen) atoms. The highest BCUT2D eigenvalue weighted by molar-refractivity contribution is 14.0. The fraction of sp³-hybridized carbons (Fsp3) is 0.636. The molecule has 1 N–H and O–H groups in total. The summed E-state index contributed by atoms with van der Waals surface area (Å²) < 4.78 is 5.54. The number of nitrogens with one attached hydrogen (secondary N) is 1. The lowest BCUT2D eigenvalue weighted by Crippen LogP contribution is -2.46. The van der Waals surface area contributed by atoms with Crippen molar-refractivity contribution in [3.63, 3.8) is 0 Å². The van der Waals surface area contributed by atoms with E-state index in [-0.39, 0.29) is 35.9 Å². The van der Waals surface area contributed by atoms with E-state index in [0.29, 0.717) is 13.1 Å². The molecule has 1 unspecified atom stereocenters. The van der Waals surface area contributed by atoms with Gasteiger partial charge < -0.3 is 19.9 Å². The molecule has 1 aromatic carbocycles. The van der Waals surface area contributed by atoms with Crippen LogP contribution in [0.3, 0.4) is 0 Å². The van der Waals surface area contributed by atoms with Crippen LogP contribution in [0.25, 0.3) is 0 Å². The van der Waals surface area contributed by atoms with E-state index in [1.54, 1.807) is 0 Å². The molecule has 1 atom stereocenters. The van der Waals surface area contributed by atoms with E-state index >= 15 is 0 Å². The summed E-state index contributed by atoms with van der Waals surface area (Å²) in [6.07, 6.45) is 0. The number of rotatable bonds is 9. The predicted octanol–water partition coefficient (Wildman–Crippen LogP) is 2.44. The Bertz CT molecular complexity index is 634. The van der Waals surface area contributed by atoms with E-state index < -0.39 is 0 Å². The summed E-state index contributed by atoms with van der Waals surface area (Å²) in [7, 11) is 1.93. The van der Waals surface area contributed by atoms with Crippen LogP contribution in [0.2, 0.25) is 0 Å². The molecule has 0 radical (unpaired) electrons. The molecule has 2 rings (SSSR count). The van der Waals surface area contributed by atoms with Gasteiger partial charge in [-0.3, -0.25) is 14.7 Å². The van der Waals surface area contributed by atoms with Gasteiger partial charge in [0, 0.05) is 39.8 Å². The van der Waals surface area contributed by atoms with Crippen LogP contribution in [-0.4, -0.2) is 92.6 Å². The topological polar surface area (TPSA) is 60.4 Å². The standard InChI is InChI=1S/C22H37N5O2.HI/c1-5-23-22(25(4)18-21(28)26(6-2)7-3)24-17-20(19-11-9-8-10-12-19)27-13-15-29-16-14-27;/h8-12,20H,5-7,13-18H2,1-4H3,(H,23,24);1H. The first kappa shape index (κ1) is 26.6. The third kappa shape index (κ3) is 8.03. The van der Waals surface area contributed by atoms with E-state index in [0.717, 1.165) is 51.9 Å². The molecular formula is C22H38IN5O2. The summed E-state index contributed by atoms with van der Waals surface area (Å²) in [6, 6.07) is 10.7. The normalized spacial score (nSPS) is 15.8. The number of aliphatic imine (C=N–C) groups is 1. The van der Waals surface area contributed by atoms with Crippen molar-refractivity contribution in [1.29, 1.82) is 0 Å². The Morgan fingerprint density at radius 1 is 1.17 bits per heavy atom. The summed E-state index contributed by atoms with van der Waals surface area (Å²) >= 11 is 0. The number of carbonyl (C=O) groups is 1. The number of amides is 1. The maximum Gasteiger partial charge on any atom is 0.242 e. The summed E-state index contributed by atoms with van der Waals surface area (Å²) in [5, 5.41) is 3.33. The number of carbonyl (C=O) groups excluding carboxylic acids is 1. The van der Waals surface area contributed by atoms with Gasteiger partial charge in [-0.25, -0.2) is 0 Å². The summed E-state index contributed by atoms with van der Waals surface area (Å²) in [5.41, 5.74) is 1.26. The minimum Gasteiger partial charge on any atom is -0.379 e. The largest absolute Gasteiger partial charge is 0.379 e. The number of likely N-dealkylation sites (N-methyl/N-ethyl adjacent to an activating group) is 2. The van der Waals surface area contributed by atoms with Crippen LogP contribution in [0, 0.1) is 0 Å². The maximum absolute atomic E-state index is 12.5. The molecule has 8 heteroatoms. The van der Waals surface area contributed by atoms with Crippen molar-refractivity contribution in [2.75, 3.05) is 66.1 Å². The molecule has 0 spiro atoms. The van der Waals surface area contributed by atoms with Gasteiger partial charge in [0.25, 0.3) is 0 Å². The number of ether oxygens (including phenoxy) is 1. The molecule has 1 heterocycles. The molecule has 1 fully saturated rings. The van der Waals surface area contributed by atoms with E-state index in [4.69, 9.17) is 9.73 Å². The molecule has 0 aliphatic carbocycles. The quantitative estimate of drug-likeness (QED) is 0.302. The SMILES string of the molecule is CCNC(=NCC(c1ccccc1)N1CCOCC1)N(C)CC(=O)N(CC)CC.I. The smallest absolute Gasteiger partial charge is 0.242 e. The van der Waals surface area contributed by atoms with Gasteiger partial charge in [0.15, 0.2) is 5.96 Å². The van der Waals surface area contributed by atoms with Crippen LogP contribution in [0.1, 0.15) is 32.4 Å². The Hall–Kier alpha value is -1.39. The van der Waals surface area contributed by atoms with Crippen LogP contribution < -0.4 is 5.32 Å². The van der Waals surface area contributed by atoms with E-state index in [9.17, 15) is 4.79 Å². The zero-order chi connectivity index (χ0) is 21.1. The average Bonchev–Trinajstić information content (AvgIpc) is 2.75. The fourth-order valence-electron chi connectivity index (χ4n) is 3.59. The molecule has 0 saturated carbocycles. The molecule has 0 aromatic heterocycles. The minimum atomic E-state index is 0. The molecule has 1 aliphatic heterocycles. The first-order valence-corrected chi connectivity index (χ1v) is 10.7. The predicted molar refractivity (Wildman–Crippen MR) is 134 cm³/mol. The minimum absolute atomic E-state index is 0. The Labute approximate surface area is 198 Å². The molecule has 0 bridgehead atoms. The van der Waals surface area contributed by atoms with Crippen LogP contribution >= 0.6 is 24.0 Å². The number of nitrogens with zero attached hydrogens (tertiary/aromatic N) is 4. The zero-order valence-corrected chi connectivity index (χ0v) is 21.2. The van der Waals surface area contributed by atoms with E-state index in [1.165, 1.54) is 5.56 Å².